The number of hydrogen-bond acceptors (Lipinski definition) is 4. The highest BCUT2D eigenvalue weighted by Gasteiger charge is 2.05. The van der Waals surface area contributed by atoms with Crippen LogP contribution >= 0.6 is 11.6 Å². The van der Waals surface area contributed by atoms with Crippen LogP contribution < -0.4 is 5.32 Å². The molecule has 0 saturated carbocycles. The van der Waals surface area contributed by atoms with Crippen LogP contribution in [0.4, 0.5) is 17.3 Å². The normalized spacial score (nSPS) is 10.1. The molecule has 3 rings (SSSR count). The molecule has 3 aromatic rings. The van der Waals surface area contributed by atoms with E-state index < -0.39 is 0 Å². The number of rotatable bonds is 3. The van der Waals surface area contributed by atoms with Crippen molar-refractivity contribution in [2.24, 2.45) is 0 Å². The Morgan fingerprint density at radius 3 is 2.67 bits per heavy atom. The van der Waals surface area contributed by atoms with E-state index in [2.05, 4.69) is 30.3 Å². The van der Waals surface area contributed by atoms with Crippen LogP contribution in [0.15, 0.2) is 42.6 Å². The highest BCUT2D eigenvalue weighted by Crippen LogP contribution is 2.23. The van der Waals surface area contributed by atoms with Crippen molar-refractivity contribution in [3.8, 4) is 11.3 Å². The van der Waals surface area contributed by atoms with Crippen molar-refractivity contribution < 1.29 is 0 Å². The summed E-state index contributed by atoms with van der Waals surface area (Å²) in [4.78, 5) is 11.2. The number of aromatic amines is 1. The highest BCUT2D eigenvalue weighted by atomic mass is 35.5. The van der Waals surface area contributed by atoms with Crippen LogP contribution in [0.5, 0.6) is 0 Å². The van der Waals surface area contributed by atoms with Crippen LogP contribution in [-0.2, 0) is 0 Å². The standard InChI is InChI=1S/C14H9ClN6/c1-16-10-4-2-9(3-5-10)11-8-13(21-20-11)18-12-6-7-17-14(15)19-12/h2-8H,(H2,17,18,19,20,21). The Kier molecular flexibility index (Phi) is 3.50. The predicted molar refractivity (Wildman–Crippen MR) is 80.6 cm³/mol. The number of aromatic nitrogens is 4. The Morgan fingerprint density at radius 1 is 1.14 bits per heavy atom. The molecular weight excluding hydrogens is 288 g/mol. The molecule has 0 aliphatic carbocycles. The number of nitrogens with zero attached hydrogens (tertiary/aromatic N) is 4. The summed E-state index contributed by atoms with van der Waals surface area (Å²) in [5.74, 6) is 1.19. The minimum absolute atomic E-state index is 0.172. The molecule has 0 aliphatic heterocycles. The average molecular weight is 297 g/mol. The molecule has 21 heavy (non-hydrogen) atoms. The van der Waals surface area contributed by atoms with E-state index in [1.807, 2.05) is 18.2 Å². The Bertz CT molecular complexity index is 803. The first-order valence-corrected chi connectivity index (χ1v) is 6.41. The summed E-state index contributed by atoms with van der Waals surface area (Å²) in [6.45, 7) is 6.94. The van der Waals surface area contributed by atoms with E-state index >= 15 is 0 Å². The summed E-state index contributed by atoms with van der Waals surface area (Å²) in [5, 5.41) is 10.3. The van der Waals surface area contributed by atoms with Gasteiger partial charge in [-0.3, -0.25) is 5.10 Å². The third-order valence-electron chi connectivity index (χ3n) is 2.77. The van der Waals surface area contributed by atoms with Gasteiger partial charge in [-0.05, 0) is 23.2 Å². The number of anilines is 2. The van der Waals surface area contributed by atoms with Gasteiger partial charge in [0.2, 0.25) is 5.28 Å². The first kappa shape index (κ1) is 13.1. The minimum Gasteiger partial charge on any atom is -0.323 e. The molecule has 0 unspecified atom stereocenters. The summed E-state index contributed by atoms with van der Waals surface area (Å²) >= 11 is 5.73. The Balaban J connectivity index is 1.81. The summed E-state index contributed by atoms with van der Waals surface area (Å²) in [6.07, 6.45) is 1.56. The summed E-state index contributed by atoms with van der Waals surface area (Å²) in [5.41, 5.74) is 2.39. The molecule has 0 atom stereocenters. The molecule has 2 heterocycles. The van der Waals surface area contributed by atoms with E-state index in [-0.39, 0.29) is 5.28 Å². The van der Waals surface area contributed by atoms with Gasteiger partial charge in [0.1, 0.15) is 5.82 Å². The van der Waals surface area contributed by atoms with E-state index in [1.54, 1.807) is 24.4 Å². The van der Waals surface area contributed by atoms with E-state index in [0.29, 0.717) is 17.3 Å². The highest BCUT2D eigenvalue weighted by molar-refractivity contribution is 6.28. The molecule has 0 spiro atoms. The summed E-state index contributed by atoms with van der Waals surface area (Å²) in [6, 6.07) is 10.8. The maximum atomic E-state index is 6.94. The topological polar surface area (TPSA) is 70.8 Å². The van der Waals surface area contributed by atoms with Gasteiger partial charge in [0.15, 0.2) is 11.5 Å². The lowest BCUT2D eigenvalue weighted by Crippen LogP contribution is -1.94. The van der Waals surface area contributed by atoms with Gasteiger partial charge in [0.25, 0.3) is 0 Å². The first-order chi connectivity index (χ1) is 10.2. The number of benzene rings is 1. The van der Waals surface area contributed by atoms with Crippen molar-refractivity contribution >= 4 is 28.9 Å². The molecular formula is C14H9ClN6. The average Bonchev–Trinajstić information content (AvgIpc) is 2.96. The fourth-order valence-electron chi connectivity index (χ4n) is 1.78. The van der Waals surface area contributed by atoms with Gasteiger partial charge in [0.05, 0.1) is 12.3 Å². The lowest BCUT2D eigenvalue weighted by Gasteiger charge is -2.00. The van der Waals surface area contributed by atoms with Gasteiger partial charge in [-0.1, -0.05) is 24.3 Å². The number of halogens is 1. The maximum Gasteiger partial charge on any atom is 0.224 e. The molecule has 2 N–H and O–H groups in total. The molecule has 2 aromatic heterocycles. The van der Waals surface area contributed by atoms with Crippen LogP contribution in [-0.4, -0.2) is 20.2 Å². The molecule has 0 bridgehead atoms. The van der Waals surface area contributed by atoms with E-state index in [4.69, 9.17) is 18.2 Å². The van der Waals surface area contributed by atoms with Crippen molar-refractivity contribution in [1.29, 1.82) is 0 Å². The first-order valence-electron chi connectivity index (χ1n) is 6.03. The SMILES string of the molecule is [C-]#[N+]c1ccc(-c2cc(Nc3ccnc(Cl)n3)n[nH]2)cc1. The lowest BCUT2D eigenvalue weighted by molar-refractivity contribution is 1.09. The number of nitrogens with one attached hydrogen (secondary N) is 2. The van der Waals surface area contributed by atoms with Crippen molar-refractivity contribution in [3.05, 3.63) is 59.3 Å². The zero-order valence-corrected chi connectivity index (χ0v) is 11.5. The summed E-state index contributed by atoms with van der Waals surface area (Å²) in [7, 11) is 0. The van der Waals surface area contributed by atoms with E-state index in [1.165, 1.54) is 0 Å². The van der Waals surface area contributed by atoms with E-state index in [0.717, 1.165) is 11.3 Å². The number of H-pyrrole nitrogens is 1. The van der Waals surface area contributed by atoms with Crippen molar-refractivity contribution in [3.63, 3.8) is 0 Å². The molecule has 0 amide bonds. The number of hydrogen-bond donors (Lipinski definition) is 2. The molecule has 0 radical (unpaired) electrons. The van der Waals surface area contributed by atoms with Gasteiger partial charge in [-0.2, -0.15) is 5.10 Å². The molecule has 102 valence electrons. The molecule has 0 fully saturated rings. The van der Waals surface area contributed by atoms with Crippen LogP contribution in [0.1, 0.15) is 0 Å². The van der Waals surface area contributed by atoms with Crippen LogP contribution in [0.3, 0.4) is 0 Å². The van der Waals surface area contributed by atoms with Gasteiger partial charge in [-0.15, -0.1) is 0 Å². The molecule has 0 aliphatic rings. The smallest absolute Gasteiger partial charge is 0.224 e. The zero-order valence-electron chi connectivity index (χ0n) is 10.7. The predicted octanol–water partition coefficient (Wildman–Crippen LogP) is 3.81. The molecule has 0 saturated heterocycles. The Morgan fingerprint density at radius 2 is 1.95 bits per heavy atom. The minimum atomic E-state index is 0.172. The summed E-state index contributed by atoms with van der Waals surface area (Å²) < 4.78 is 0. The fraction of sp³-hybridized carbons (Fsp3) is 0. The second kappa shape index (κ2) is 5.61. The second-order valence-corrected chi connectivity index (χ2v) is 4.50. The molecule has 1 aromatic carbocycles. The Labute approximate surface area is 125 Å². The fourth-order valence-corrected chi connectivity index (χ4v) is 1.93. The van der Waals surface area contributed by atoms with Crippen molar-refractivity contribution in [2.75, 3.05) is 5.32 Å². The van der Waals surface area contributed by atoms with Crippen LogP contribution in [0.2, 0.25) is 5.28 Å². The third-order valence-corrected chi connectivity index (χ3v) is 2.95. The monoisotopic (exact) mass is 296 g/mol. The Hall–Kier alpha value is -2.91. The van der Waals surface area contributed by atoms with Gasteiger partial charge in [0, 0.05) is 12.3 Å². The van der Waals surface area contributed by atoms with Gasteiger partial charge in [-0.25, -0.2) is 14.8 Å². The third kappa shape index (κ3) is 2.99. The van der Waals surface area contributed by atoms with Gasteiger partial charge < -0.3 is 5.32 Å². The van der Waals surface area contributed by atoms with Crippen LogP contribution in [0.25, 0.3) is 16.1 Å². The van der Waals surface area contributed by atoms with Crippen molar-refractivity contribution in [2.45, 2.75) is 0 Å². The van der Waals surface area contributed by atoms with E-state index in [9.17, 15) is 0 Å². The van der Waals surface area contributed by atoms with Crippen LogP contribution in [0, 0.1) is 6.57 Å². The van der Waals surface area contributed by atoms with Gasteiger partial charge >= 0.3 is 0 Å². The maximum absolute atomic E-state index is 6.94. The largest absolute Gasteiger partial charge is 0.323 e. The molecule has 7 heteroatoms. The lowest BCUT2D eigenvalue weighted by atomic mass is 10.1. The zero-order chi connectivity index (χ0) is 14.7. The second-order valence-electron chi connectivity index (χ2n) is 4.16. The molecule has 6 nitrogen and oxygen atoms in total. The van der Waals surface area contributed by atoms with Crippen molar-refractivity contribution in [1.82, 2.24) is 20.2 Å². The quantitative estimate of drug-likeness (QED) is 0.569.